The molecule has 2 rings (SSSR count). The molecule has 66 valence electrons. The molecule has 0 N–H and O–H groups in total. The highest BCUT2D eigenvalue weighted by atomic mass is 35.5. The Labute approximate surface area is 78.3 Å². The number of hydrogen-bond donors (Lipinski definition) is 0. The van der Waals surface area contributed by atoms with E-state index in [2.05, 4.69) is 9.97 Å². The van der Waals surface area contributed by atoms with Crippen molar-refractivity contribution in [2.24, 2.45) is 0 Å². The van der Waals surface area contributed by atoms with E-state index in [1.54, 1.807) is 0 Å². The summed E-state index contributed by atoms with van der Waals surface area (Å²) in [4.78, 5) is 31.0. The average Bonchev–Trinajstić information content (AvgIpc) is 2.32. The fourth-order valence-corrected chi connectivity index (χ4v) is 1.22. The minimum atomic E-state index is -0.463. The lowest BCUT2D eigenvalue weighted by Gasteiger charge is -2.01. The molecule has 0 atom stereocenters. The van der Waals surface area contributed by atoms with E-state index in [1.807, 2.05) is 0 Å². The number of nitrogens with zero attached hydrogens (tertiary/aromatic N) is 3. The van der Waals surface area contributed by atoms with E-state index in [0.717, 1.165) is 4.90 Å². The maximum absolute atomic E-state index is 11.3. The Kier molecular flexibility index (Phi) is 1.56. The predicted octanol–water partition coefficient (Wildman–Crippen LogP) is 0.356. The Hall–Kier alpha value is -1.49. The first-order valence-corrected chi connectivity index (χ1v) is 3.84. The van der Waals surface area contributed by atoms with Crippen LogP contribution < -0.4 is 0 Å². The highest BCUT2D eigenvalue weighted by Gasteiger charge is 2.35. The van der Waals surface area contributed by atoms with Gasteiger partial charge >= 0.3 is 0 Å². The second-order valence-corrected chi connectivity index (χ2v) is 2.95. The van der Waals surface area contributed by atoms with Gasteiger partial charge in [0, 0.05) is 7.05 Å². The van der Waals surface area contributed by atoms with Gasteiger partial charge in [-0.15, -0.1) is 0 Å². The number of amides is 2. The molecule has 6 heteroatoms. The van der Waals surface area contributed by atoms with Crippen molar-refractivity contribution >= 4 is 23.4 Å². The monoisotopic (exact) mass is 197 g/mol. The van der Waals surface area contributed by atoms with Crippen LogP contribution in [0.3, 0.4) is 0 Å². The van der Waals surface area contributed by atoms with Crippen LogP contribution in [0.1, 0.15) is 21.0 Å². The van der Waals surface area contributed by atoms with Crippen LogP contribution in [0.25, 0.3) is 0 Å². The van der Waals surface area contributed by atoms with Crippen molar-refractivity contribution in [2.75, 3.05) is 7.05 Å². The smallest absolute Gasteiger partial charge is 0.275 e. The van der Waals surface area contributed by atoms with Crippen LogP contribution in [0.4, 0.5) is 0 Å². The summed E-state index contributed by atoms with van der Waals surface area (Å²) >= 11 is 5.53. The van der Waals surface area contributed by atoms with E-state index in [4.69, 9.17) is 11.6 Å². The highest BCUT2D eigenvalue weighted by molar-refractivity contribution is 6.30. The van der Waals surface area contributed by atoms with Gasteiger partial charge in [-0.05, 0) is 0 Å². The Bertz CT molecular complexity index is 418. The Morgan fingerprint density at radius 2 is 1.92 bits per heavy atom. The van der Waals surface area contributed by atoms with Crippen molar-refractivity contribution in [2.45, 2.75) is 0 Å². The molecule has 0 unspecified atom stereocenters. The lowest BCUT2D eigenvalue weighted by molar-refractivity contribution is 0.0689. The largest absolute Gasteiger partial charge is 0.281 e. The maximum Gasteiger partial charge on any atom is 0.281 e. The molecule has 13 heavy (non-hydrogen) atoms. The van der Waals surface area contributed by atoms with Gasteiger partial charge in [0.15, 0.2) is 11.4 Å². The molecule has 1 aromatic heterocycles. The number of halogens is 1. The van der Waals surface area contributed by atoms with Crippen LogP contribution in [0.15, 0.2) is 6.20 Å². The van der Waals surface area contributed by atoms with Crippen molar-refractivity contribution in [1.82, 2.24) is 14.9 Å². The lowest BCUT2D eigenvalue weighted by atomic mass is 10.3. The standard InChI is InChI=1S/C7H4ClN3O2/c1-11-6(12)4-5(7(11)13)10-3(8)2-9-4/h2H,1H3. The van der Waals surface area contributed by atoms with Crippen LogP contribution in [0.5, 0.6) is 0 Å². The van der Waals surface area contributed by atoms with Crippen LogP contribution in [-0.2, 0) is 0 Å². The Morgan fingerprint density at radius 3 is 2.62 bits per heavy atom. The molecule has 0 bridgehead atoms. The number of imide groups is 1. The SMILES string of the molecule is CN1C(=O)c2ncc(Cl)nc2C1=O. The Morgan fingerprint density at radius 1 is 1.31 bits per heavy atom. The first-order valence-electron chi connectivity index (χ1n) is 3.46. The minimum Gasteiger partial charge on any atom is -0.275 e. The molecule has 5 nitrogen and oxygen atoms in total. The first-order chi connectivity index (χ1) is 6.11. The number of carbonyl (C=O) groups excluding carboxylic acids is 2. The molecule has 0 fully saturated rings. The summed E-state index contributed by atoms with van der Waals surface area (Å²) in [6.45, 7) is 0. The Balaban J connectivity index is 2.67. The van der Waals surface area contributed by atoms with Crippen molar-refractivity contribution in [3.63, 3.8) is 0 Å². The van der Waals surface area contributed by atoms with Gasteiger partial charge in [-0.3, -0.25) is 14.5 Å². The molecule has 0 spiro atoms. The molecule has 2 heterocycles. The molecule has 0 radical (unpaired) electrons. The van der Waals surface area contributed by atoms with Crippen LogP contribution >= 0.6 is 11.6 Å². The third-order valence-corrected chi connectivity index (χ3v) is 1.94. The van der Waals surface area contributed by atoms with Crippen molar-refractivity contribution in [1.29, 1.82) is 0 Å². The van der Waals surface area contributed by atoms with Crippen LogP contribution in [0.2, 0.25) is 5.15 Å². The van der Waals surface area contributed by atoms with Crippen molar-refractivity contribution in [3.8, 4) is 0 Å². The van der Waals surface area contributed by atoms with Gasteiger partial charge in [-0.2, -0.15) is 0 Å². The van der Waals surface area contributed by atoms with Gasteiger partial charge in [0.05, 0.1) is 6.20 Å². The third-order valence-electron chi connectivity index (χ3n) is 1.76. The molecular weight excluding hydrogens is 194 g/mol. The van der Waals surface area contributed by atoms with Crippen molar-refractivity contribution in [3.05, 3.63) is 22.7 Å². The van der Waals surface area contributed by atoms with Crippen molar-refractivity contribution < 1.29 is 9.59 Å². The van der Waals surface area contributed by atoms with Gasteiger partial charge in [0.1, 0.15) is 5.15 Å². The number of rotatable bonds is 0. The second kappa shape index (κ2) is 2.50. The normalized spacial score (nSPS) is 15.1. The average molecular weight is 198 g/mol. The highest BCUT2D eigenvalue weighted by Crippen LogP contribution is 2.18. The van der Waals surface area contributed by atoms with E-state index < -0.39 is 11.8 Å². The number of aromatic nitrogens is 2. The lowest BCUT2D eigenvalue weighted by Crippen LogP contribution is -2.24. The molecule has 0 aliphatic carbocycles. The molecule has 1 aromatic rings. The zero-order chi connectivity index (χ0) is 9.59. The molecule has 0 saturated heterocycles. The van der Waals surface area contributed by atoms with E-state index >= 15 is 0 Å². The predicted molar refractivity (Wildman–Crippen MR) is 43.5 cm³/mol. The summed E-state index contributed by atoms with van der Waals surface area (Å²) in [6.07, 6.45) is 1.24. The summed E-state index contributed by atoms with van der Waals surface area (Å²) in [6, 6.07) is 0. The van der Waals surface area contributed by atoms with E-state index in [9.17, 15) is 9.59 Å². The summed E-state index contributed by atoms with van der Waals surface area (Å²) in [5.74, 6) is -0.904. The van der Waals surface area contributed by atoms with Crippen LogP contribution in [0, 0.1) is 0 Å². The fourth-order valence-electron chi connectivity index (χ4n) is 1.08. The van der Waals surface area contributed by atoms with E-state index in [-0.39, 0.29) is 16.5 Å². The van der Waals surface area contributed by atoms with Gasteiger partial charge in [-0.25, -0.2) is 9.97 Å². The molecule has 1 aliphatic rings. The van der Waals surface area contributed by atoms with E-state index in [1.165, 1.54) is 13.2 Å². The fraction of sp³-hybridized carbons (Fsp3) is 0.143. The zero-order valence-corrected chi connectivity index (χ0v) is 7.37. The zero-order valence-electron chi connectivity index (χ0n) is 6.61. The molecule has 0 saturated carbocycles. The molecule has 2 amide bonds. The summed E-state index contributed by atoms with van der Waals surface area (Å²) in [7, 11) is 1.38. The van der Waals surface area contributed by atoms with E-state index in [0.29, 0.717) is 0 Å². The molecule has 0 aromatic carbocycles. The minimum absolute atomic E-state index is 0.0278. The molecule has 1 aliphatic heterocycles. The molecular formula is C7H4ClN3O2. The van der Waals surface area contributed by atoms with Gasteiger partial charge < -0.3 is 0 Å². The number of fused-ring (bicyclic) bond motifs is 1. The van der Waals surface area contributed by atoms with Gasteiger partial charge in [0.25, 0.3) is 11.8 Å². The number of hydrogen-bond acceptors (Lipinski definition) is 4. The maximum atomic E-state index is 11.3. The summed E-state index contributed by atoms with van der Waals surface area (Å²) in [5, 5.41) is 0.107. The summed E-state index contributed by atoms with van der Waals surface area (Å²) in [5.41, 5.74) is 0.0944. The van der Waals surface area contributed by atoms with Gasteiger partial charge in [-0.1, -0.05) is 11.6 Å². The number of carbonyl (C=O) groups is 2. The second-order valence-electron chi connectivity index (χ2n) is 2.56. The summed E-state index contributed by atoms with van der Waals surface area (Å²) < 4.78 is 0. The third kappa shape index (κ3) is 1.01. The van der Waals surface area contributed by atoms with Gasteiger partial charge in [0.2, 0.25) is 0 Å². The first kappa shape index (κ1) is 8.12. The quantitative estimate of drug-likeness (QED) is 0.564. The topological polar surface area (TPSA) is 63.2 Å². The van der Waals surface area contributed by atoms with Crippen LogP contribution in [-0.4, -0.2) is 33.7 Å².